The summed E-state index contributed by atoms with van der Waals surface area (Å²) in [6.07, 6.45) is 1.68. The van der Waals surface area contributed by atoms with Crippen LogP contribution in [0.3, 0.4) is 0 Å². The molecule has 0 spiro atoms. The number of fused-ring (bicyclic) bond motifs is 1. The number of benzene rings is 2. The summed E-state index contributed by atoms with van der Waals surface area (Å²) in [6, 6.07) is 14.3. The molecule has 4 aromatic rings. The van der Waals surface area contributed by atoms with E-state index < -0.39 is 0 Å². The second-order valence-corrected chi connectivity index (χ2v) is 9.07. The summed E-state index contributed by atoms with van der Waals surface area (Å²) in [5.74, 6) is 3.39. The first-order valence-corrected chi connectivity index (χ1v) is 12.1. The van der Waals surface area contributed by atoms with Gasteiger partial charge in [-0.25, -0.2) is 9.97 Å². The average Bonchev–Trinajstić information content (AvgIpc) is 3.33. The lowest BCUT2D eigenvalue weighted by Crippen LogP contribution is -2.46. The van der Waals surface area contributed by atoms with Gasteiger partial charge < -0.3 is 19.1 Å². The van der Waals surface area contributed by atoms with Crippen LogP contribution in [0, 0.1) is 0 Å². The SMILES string of the molecule is COc1ccc(-c2csc3ncnc(N4CCN(Cc5ccc(OC)c(OC)c5)CC4)c23)cc1. The van der Waals surface area contributed by atoms with E-state index in [2.05, 4.69) is 44.4 Å². The van der Waals surface area contributed by atoms with Crippen LogP contribution in [0.15, 0.2) is 54.2 Å². The van der Waals surface area contributed by atoms with Crippen molar-refractivity contribution in [2.24, 2.45) is 0 Å². The van der Waals surface area contributed by atoms with Gasteiger partial charge in [0.2, 0.25) is 0 Å². The van der Waals surface area contributed by atoms with Crippen LogP contribution < -0.4 is 19.1 Å². The molecular formula is C26H28N4O3S. The summed E-state index contributed by atoms with van der Waals surface area (Å²) in [4.78, 5) is 15.1. The van der Waals surface area contributed by atoms with Gasteiger partial charge in [-0.15, -0.1) is 11.3 Å². The van der Waals surface area contributed by atoms with Crippen LogP contribution in [0.5, 0.6) is 17.2 Å². The lowest BCUT2D eigenvalue weighted by molar-refractivity contribution is 0.249. The van der Waals surface area contributed by atoms with Crippen molar-refractivity contribution in [2.45, 2.75) is 6.54 Å². The van der Waals surface area contributed by atoms with E-state index in [1.165, 1.54) is 11.1 Å². The Morgan fingerprint density at radius 3 is 2.32 bits per heavy atom. The molecule has 0 unspecified atom stereocenters. The fourth-order valence-corrected chi connectivity index (χ4v) is 5.35. The Bertz CT molecular complexity index is 1270. The molecule has 5 rings (SSSR count). The van der Waals surface area contributed by atoms with Crippen LogP contribution in [0.4, 0.5) is 5.82 Å². The lowest BCUT2D eigenvalue weighted by Gasteiger charge is -2.35. The molecule has 0 N–H and O–H groups in total. The highest BCUT2D eigenvalue weighted by Crippen LogP contribution is 2.38. The normalized spacial score (nSPS) is 14.4. The third-order valence-corrected chi connectivity index (χ3v) is 7.16. The van der Waals surface area contributed by atoms with Gasteiger partial charge in [-0.1, -0.05) is 18.2 Å². The van der Waals surface area contributed by atoms with Crippen molar-refractivity contribution in [2.75, 3.05) is 52.4 Å². The third-order valence-electron chi connectivity index (χ3n) is 6.28. The first-order valence-electron chi connectivity index (χ1n) is 11.2. The number of methoxy groups -OCH3 is 3. The fraction of sp³-hybridized carbons (Fsp3) is 0.308. The van der Waals surface area contributed by atoms with E-state index in [-0.39, 0.29) is 0 Å². The maximum Gasteiger partial charge on any atom is 0.161 e. The van der Waals surface area contributed by atoms with Crippen molar-refractivity contribution in [1.29, 1.82) is 0 Å². The molecule has 3 heterocycles. The summed E-state index contributed by atoms with van der Waals surface area (Å²) in [5.41, 5.74) is 3.54. The standard InChI is InChI=1S/C26H28N4O3S/c1-31-20-7-5-19(6-8-20)21-16-34-26-24(21)25(27-17-28-26)30-12-10-29(11-13-30)15-18-4-9-22(32-2)23(14-18)33-3/h4-9,14,16-17H,10-13,15H2,1-3H3. The van der Waals surface area contributed by atoms with E-state index in [4.69, 9.17) is 19.2 Å². The second kappa shape index (κ2) is 9.87. The van der Waals surface area contributed by atoms with E-state index in [1.807, 2.05) is 18.2 Å². The van der Waals surface area contributed by atoms with Crippen molar-refractivity contribution in [3.8, 4) is 28.4 Å². The van der Waals surface area contributed by atoms with Gasteiger partial charge in [0.05, 0.1) is 26.7 Å². The lowest BCUT2D eigenvalue weighted by atomic mass is 10.1. The zero-order valence-electron chi connectivity index (χ0n) is 19.7. The topological polar surface area (TPSA) is 60.0 Å². The van der Waals surface area contributed by atoms with Gasteiger partial charge >= 0.3 is 0 Å². The highest BCUT2D eigenvalue weighted by Gasteiger charge is 2.23. The molecular weight excluding hydrogens is 448 g/mol. The molecule has 0 atom stereocenters. The molecule has 8 heteroatoms. The van der Waals surface area contributed by atoms with Gasteiger partial charge in [0.1, 0.15) is 22.7 Å². The molecule has 0 bridgehead atoms. The number of hydrogen-bond acceptors (Lipinski definition) is 8. The Labute approximate surface area is 203 Å². The number of ether oxygens (including phenoxy) is 3. The van der Waals surface area contributed by atoms with Gasteiger partial charge in [0, 0.05) is 43.7 Å². The molecule has 7 nitrogen and oxygen atoms in total. The molecule has 1 aliphatic heterocycles. The van der Waals surface area contributed by atoms with Gasteiger partial charge in [0.15, 0.2) is 11.5 Å². The molecule has 0 radical (unpaired) electrons. The number of anilines is 1. The summed E-state index contributed by atoms with van der Waals surface area (Å²) in [5, 5.41) is 3.31. The summed E-state index contributed by atoms with van der Waals surface area (Å²) in [7, 11) is 5.02. The largest absolute Gasteiger partial charge is 0.497 e. The minimum absolute atomic E-state index is 0.757. The summed E-state index contributed by atoms with van der Waals surface area (Å²) >= 11 is 1.66. The van der Waals surface area contributed by atoms with Gasteiger partial charge in [-0.05, 0) is 35.4 Å². The Morgan fingerprint density at radius 1 is 0.853 bits per heavy atom. The molecule has 0 amide bonds. The van der Waals surface area contributed by atoms with Crippen molar-refractivity contribution in [1.82, 2.24) is 14.9 Å². The zero-order chi connectivity index (χ0) is 23.5. The molecule has 0 aliphatic carbocycles. The number of aromatic nitrogens is 2. The second-order valence-electron chi connectivity index (χ2n) is 8.21. The molecule has 34 heavy (non-hydrogen) atoms. The fourth-order valence-electron chi connectivity index (χ4n) is 4.44. The van der Waals surface area contributed by atoms with Crippen molar-refractivity contribution in [3.05, 3.63) is 59.7 Å². The average molecular weight is 477 g/mol. The molecule has 0 saturated carbocycles. The molecule has 2 aromatic heterocycles. The van der Waals surface area contributed by atoms with Crippen molar-refractivity contribution >= 4 is 27.4 Å². The van der Waals surface area contributed by atoms with Gasteiger partial charge in [0.25, 0.3) is 0 Å². The Hall–Kier alpha value is -3.36. The molecule has 1 fully saturated rings. The van der Waals surface area contributed by atoms with E-state index in [1.54, 1.807) is 39.0 Å². The third kappa shape index (κ3) is 4.38. The van der Waals surface area contributed by atoms with Crippen molar-refractivity contribution < 1.29 is 14.2 Å². The quantitative estimate of drug-likeness (QED) is 0.383. The monoisotopic (exact) mass is 476 g/mol. The Balaban J connectivity index is 1.33. The number of piperazine rings is 1. The molecule has 176 valence electrons. The molecule has 2 aromatic carbocycles. The maximum atomic E-state index is 5.46. The maximum absolute atomic E-state index is 5.46. The van der Waals surface area contributed by atoms with Crippen LogP contribution in [-0.2, 0) is 6.54 Å². The molecule has 1 saturated heterocycles. The van der Waals surface area contributed by atoms with Crippen LogP contribution >= 0.6 is 11.3 Å². The first-order chi connectivity index (χ1) is 16.7. The predicted molar refractivity (Wildman–Crippen MR) is 136 cm³/mol. The number of nitrogens with zero attached hydrogens (tertiary/aromatic N) is 4. The van der Waals surface area contributed by atoms with Crippen LogP contribution in [0.2, 0.25) is 0 Å². The minimum atomic E-state index is 0.757. The van der Waals surface area contributed by atoms with Crippen LogP contribution in [-0.4, -0.2) is 62.4 Å². The van der Waals surface area contributed by atoms with Gasteiger partial charge in [-0.2, -0.15) is 0 Å². The summed E-state index contributed by atoms with van der Waals surface area (Å²) in [6.45, 7) is 4.63. The zero-order valence-corrected chi connectivity index (χ0v) is 20.5. The highest BCUT2D eigenvalue weighted by molar-refractivity contribution is 7.17. The highest BCUT2D eigenvalue weighted by atomic mass is 32.1. The van der Waals surface area contributed by atoms with E-state index in [9.17, 15) is 0 Å². The number of rotatable bonds is 7. The first kappa shape index (κ1) is 22.4. The Kier molecular flexibility index (Phi) is 6.51. The van der Waals surface area contributed by atoms with E-state index in [0.29, 0.717) is 0 Å². The smallest absolute Gasteiger partial charge is 0.161 e. The summed E-state index contributed by atoms with van der Waals surface area (Å²) < 4.78 is 16.1. The predicted octanol–water partition coefficient (Wildman–Crippen LogP) is 4.71. The minimum Gasteiger partial charge on any atom is -0.497 e. The van der Waals surface area contributed by atoms with Crippen LogP contribution in [0.1, 0.15) is 5.56 Å². The van der Waals surface area contributed by atoms with Crippen molar-refractivity contribution in [3.63, 3.8) is 0 Å². The van der Waals surface area contributed by atoms with Crippen LogP contribution in [0.25, 0.3) is 21.3 Å². The van der Waals surface area contributed by atoms with Gasteiger partial charge in [-0.3, -0.25) is 4.90 Å². The molecule has 1 aliphatic rings. The number of thiophene rings is 1. The number of hydrogen-bond donors (Lipinski definition) is 0. The van der Waals surface area contributed by atoms with E-state index in [0.717, 1.165) is 71.6 Å². The Morgan fingerprint density at radius 2 is 1.62 bits per heavy atom. The van der Waals surface area contributed by atoms with E-state index >= 15 is 0 Å².